The summed E-state index contributed by atoms with van der Waals surface area (Å²) in [6, 6.07) is 0.999. The molecule has 0 heterocycles. The lowest BCUT2D eigenvalue weighted by Crippen LogP contribution is -2.47. The highest BCUT2D eigenvalue weighted by molar-refractivity contribution is 6.83. The van der Waals surface area contributed by atoms with Crippen molar-refractivity contribution in [3.8, 4) is 0 Å². The minimum atomic E-state index is -1.96. The Bertz CT molecular complexity index is 172. The van der Waals surface area contributed by atoms with E-state index >= 15 is 0 Å². The smallest absolute Gasteiger partial charge is 0.314 e. The van der Waals surface area contributed by atoms with Gasteiger partial charge >= 0.3 is 8.56 Å². The Morgan fingerprint density at radius 1 is 1.13 bits per heavy atom. The van der Waals surface area contributed by atoms with E-state index in [2.05, 4.69) is 26.2 Å². The molecule has 15 heavy (non-hydrogen) atoms. The quantitative estimate of drug-likeness (QED) is 0.540. The highest BCUT2D eigenvalue weighted by atomic mass is 28.5. The first-order valence-electron chi connectivity index (χ1n) is 5.49. The molecular formula is C9H24O3Si3. The molecule has 1 atom stereocenters. The zero-order valence-electron chi connectivity index (χ0n) is 10.6. The molecule has 1 N–H and O–H groups in total. The molecule has 6 heteroatoms. The maximum absolute atomic E-state index is 8.77. The van der Waals surface area contributed by atoms with Gasteiger partial charge in [0.25, 0.3) is 0 Å². The second-order valence-electron chi connectivity index (χ2n) is 4.84. The van der Waals surface area contributed by atoms with Crippen molar-refractivity contribution in [2.24, 2.45) is 0 Å². The molecule has 0 saturated carbocycles. The van der Waals surface area contributed by atoms with Crippen LogP contribution in [0.2, 0.25) is 38.8 Å². The van der Waals surface area contributed by atoms with E-state index in [1.807, 2.05) is 6.55 Å². The highest BCUT2D eigenvalue weighted by Crippen LogP contribution is 2.21. The number of unbranched alkanes of at least 4 members (excludes halogenated alkanes) is 1. The van der Waals surface area contributed by atoms with Gasteiger partial charge in [0.2, 0.25) is 9.76 Å². The van der Waals surface area contributed by atoms with Gasteiger partial charge in [-0.1, -0.05) is 0 Å². The maximum atomic E-state index is 8.77. The van der Waals surface area contributed by atoms with Crippen LogP contribution in [-0.2, 0) is 8.23 Å². The monoisotopic (exact) mass is 264 g/mol. The predicted molar refractivity (Wildman–Crippen MR) is 69.9 cm³/mol. The van der Waals surface area contributed by atoms with Gasteiger partial charge in [-0.05, 0) is 51.6 Å². The second kappa shape index (κ2) is 6.97. The molecule has 0 aliphatic carbocycles. The number of hydrogen-bond donors (Lipinski definition) is 1. The van der Waals surface area contributed by atoms with Crippen LogP contribution in [0.25, 0.3) is 0 Å². The number of aliphatic hydroxyl groups excluding tert-OH is 1. The first kappa shape index (κ1) is 15.5. The molecule has 2 radical (unpaired) electrons. The highest BCUT2D eigenvalue weighted by Gasteiger charge is 2.35. The summed E-state index contributed by atoms with van der Waals surface area (Å²) in [5.41, 5.74) is 0. The molecule has 0 aliphatic heterocycles. The Labute approximate surface area is 98.5 Å². The van der Waals surface area contributed by atoms with Crippen LogP contribution in [0.3, 0.4) is 0 Å². The standard InChI is InChI=1S/C9H24O3Si3/c1-13-11-15(5,9-7-6-8-10)12-14(2,3)4/h10H,6-9H2,1-5H3. The van der Waals surface area contributed by atoms with Crippen LogP contribution in [0.5, 0.6) is 0 Å². The lowest BCUT2D eigenvalue weighted by atomic mass is 10.4. The summed E-state index contributed by atoms with van der Waals surface area (Å²) in [5, 5.41) is 8.77. The Hall–Kier alpha value is 0.531. The molecule has 1 unspecified atom stereocenters. The molecule has 0 fully saturated rings. The molecule has 3 nitrogen and oxygen atoms in total. The van der Waals surface area contributed by atoms with Crippen LogP contribution in [-0.4, -0.2) is 38.4 Å². The van der Waals surface area contributed by atoms with E-state index in [4.69, 9.17) is 13.3 Å². The van der Waals surface area contributed by atoms with Gasteiger partial charge in [-0.15, -0.1) is 0 Å². The van der Waals surface area contributed by atoms with Crippen LogP contribution in [0.1, 0.15) is 12.8 Å². The summed E-state index contributed by atoms with van der Waals surface area (Å²) in [4.78, 5) is 0. The number of rotatable bonds is 8. The fourth-order valence-electron chi connectivity index (χ4n) is 1.54. The van der Waals surface area contributed by atoms with Gasteiger partial charge in [0.05, 0.1) is 0 Å². The van der Waals surface area contributed by atoms with Crippen LogP contribution in [0.15, 0.2) is 0 Å². The van der Waals surface area contributed by atoms with E-state index in [1.54, 1.807) is 0 Å². The third-order valence-corrected chi connectivity index (χ3v) is 9.86. The SMILES string of the molecule is C[Si]O[Si](C)(CCCCO)O[Si](C)(C)C. The largest absolute Gasteiger partial charge is 0.437 e. The van der Waals surface area contributed by atoms with Crippen molar-refractivity contribution in [3.63, 3.8) is 0 Å². The average Bonchev–Trinajstić information content (AvgIpc) is 2.01. The third-order valence-electron chi connectivity index (χ3n) is 1.88. The Balaban J connectivity index is 4.18. The van der Waals surface area contributed by atoms with Gasteiger partial charge in [0.1, 0.15) is 0 Å². The molecule has 0 spiro atoms. The summed E-state index contributed by atoms with van der Waals surface area (Å²) < 4.78 is 12.0. The van der Waals surface area contributed by atoms with E-state index in [9.17, 15) is 0 Å². The first-order chi connectivity index (χ1) is 6.83. The van der Waals surface area contributed by atoms with Gasteiger partial charge in [-0.3, -0.25) is 0 Å². The molecule has 0 aromatic heterocycles. The Morgan fingerprint density at radius 2 is 1.73 bits per heavy atom. The van der Waals surface area contributed by atoms with Crippen LogP contribution in [0.4, 0.5) is 0 Å². The zero-order valence-corrected chi connectivity index (χ0v) is 13.6. The summed E-state index contributed by atoms with van der Waals surface area (Å²) in [6.45, 7) is 11.1. The minimum Gasteiger partial charge on any atom is -0.437 e. The molecule has 0 rings (SSSR count). The van der Waals surface area contributed by atoms with Gasteiger partial charge in [-0.25, -0.2) is 0 Å². The van der Waals surface area contributed by atoms with Crippen molar-refractivity contribution in [1.29, 1.82) is 0 Å². The van der Waals surface area contributed by atoms with Crippen molar-refractivity contribution in [2.45, 2.75) is 51.6 Å². The summed E-state index contributed by atoms with van der Waals surface area (Å²) in [7, 11) is -2.97. The van der Waals surface area contributed by atoms with Crippen LogP contribution >= 0.6 is 0 Å². The Kier molecular flexibility index (Phi) is 7.22. The normalized spacial score (nSPS) is 16.4. The Morgan fingerprint density at radius 3 is 2.13 bits per heavy atom. The first-order valence-corrected chi connectivity index (χ1v) is 12.8. The molecule has 0 amide bonds. The zero-order chi connectivity index (χ0) is 11.9. The third kappa shape index (κ3) is 8.35. The summed E-state index contributed by atoms with van der Waals surface area (Å²) >= 11 is 0. The van der Waals surface area contributed by atoms with Crippen LogP contribution in [0, 0.1) is 0 Å². The topological polar surface area (TPSA) is 38.7 Å². The molecule has 0 aromatic carbocycles. The van der Waals surface area contributed by atoms with E-state index in [1.165, 1.54) is 0 Å². The molecule has 0 saturated heterocycles. The fourth-order valence-corrected chi connectivity index (χ4v) is 10.7. The second-order valence-corrected chi connectivity index (χ2v) is 13.9. The number of aliphatic hydroxyl groups is 1. The van der Waals surface area contributed by atoms with Crippen molar-refractivity contribution in [2.75, 3.05) is 6.61 Å². The lowest BCUT2D eigenvalue weighted by Gasteiger charge is -2.33. The van der Waals surface area contributed by atoms with Crippen molar-refractivity contribution < 1.29 is 13.3 Å². The van der Waals surface area contributed by atoms with Crippen molar-refractivity contribution >= 4 is 26.6 Å². The van der Waals surface area contributed by atoms with E-state index in [-0.39, 0.29) is 6.61 Å². The fraction of sp³-hybridized carbons (Fsp3) is 1.00. The summed E-state index contributed by atoms with van der Waals surface area (Å²) in [6.07, 6.45) is 1.86. The van der Waals surface area contributed by atoms with Gasteiger partial charge in [0.15, 0.2) is 8.32 Å². The molecule has 0 aromatic rings. The van der Waals surface area contributed by atoms with E-state index in [0.29, 0.717) is 9.76 Å². The molecule has 90 valence electrons. The molecule has 0 bridgehead atoms. The average molecular weight is 265 g/mol. The summed E-state index contributed by atoms with van der Waals surface area (Å²) in [5.74, 6) is 0. The van der Waals surface area contributed by atoms with E-state index < -0.39 is 16.9 Å². The van der Waals surface area contributed by atoms with Gasteiger partial charge in [-0.2, -0.15) is 0 Å². The van der Waals surface area contributed by atoms with Crippen LogP contribution < -0.4 is 0 Å². The minimum absolute atomic E-state index is 0.270. The number of hydrogen-bond acceptors (Lipinski definition) is 3. The van der Waals surface area contributed by atoms with Gasteiger partial charge in [0, 0.05) is 6.61 Å². The maximum Gasteiger partial charge on any atom is 0.314 e. The molecule has 0 aliphatic rings. The lowest BCUT2D eigenvalue weighted by molar-refractivity contribution is 0.284. The van der Waals surface area contributed by atoms with Crippen molar-refractivity contribution in [3.05, 3.63) is 0 Å². The van der Waals surface area contributed by atoms with E-state index in [0.717, 1.165) is 18.9 Å². The van der Waals surface area contributed by atoms with Gasteiger partial charge < -0.3 is 13.3 Å². The predicted octanol–water partition coefficient (Wildman–Crippen LogP) is 2.37. The van der Waals surface area contributed by atoms with Crippen molar-refractivity contribution in [1.82, 2.24) is 0 Å². The molecular weight excluding hydrogens is 240 g/mol.